The summed E-state index contributed by atoms with van der Waals surface area (Å²) in [4.78, 5) is 0. The van der Waals surface area contributed by atoms with Crippen molar-refractivity contribution in [2.45, 2.75) is 0 Å². The molecule has 0 atom stereocenters. The van der Waals surface area contributed by atoms with Gasteiger partial charge in [0.2, 0.25) is 0 Å². The molecule has 0 aliphatic heterocycles. The molecule has 4 heteroatoms. The summed E-state index contributed by atoms with van der Waals surface area (Å²) in [5.74, 6) is 0. The minimum absolute atomic E-state index is 1.08. The van der Waals surface area contributed by atoms with Gasteiger partial charge in [-0.25, -0.2) is 0 Å². The van der Waals surface area contributed by atoms with Crippen molar-refractivity contribution in [2.24, 2.45) is 0 Å². The molecule has 36 valence electrons. The maximum atomic E-state index is 9.62. The average molecular weight is 108 g/mol. The fourth-order valence-electron chi connectivity index (χ4n) is 0. The predicted molar refractivity (Wildman–Crippen MR) is 21.0 cm³/mol. The largest absolute Gasteiger partial charge is 0.458 e. The van der Waals surface area contributed by atoms with Gasteiger partial charge in [-0.05, 0) is 0 Å². The summed E-state index contributed by atoms with van der Waals surface area (Å²) < 4.78 is 20.3. The lowest BCUT2D eigenvalue weighted by Gasteiger charge is -1.61. The van der Waals surface area contributed by atoms with Crippen LogP contribution in [-0.2, 0) is 10.5 Å². The number of nitrogens with zero attached hydrogens (tertiary/aromatic N) is 1. The second kappa shape index (κ2) is 1.92. The molecule has 0 aliphatic carbocycles. The first-order valence-corrected chi connectivity index (χ1v) is 2.44. The van der Waals surface area contributed by atoms with Crippen LogP contribution in [0.15, 0.2) is 0 Å². The van der Waals surface area contributed by atoms with Crippen molar-refractivity contribution in [3.63, 3.8) is 0 Å². The fraction of sp³-hybridized carbons (Fsp3) is 1.00. The van der Waals surface area contributed by atoms with Crippen LogP contribution >= 0.6 is 0 Å². The summed E-state index contributed by atoms with van der Waals surface area (Å²) in [5.41, 5.74) is 0. The number of rotatable bonds is 0. The van der Waals surface area contributed by atoms with Crippen LogP contribution in [0.5, 0.6) is 0 Å². The van der Waals surface area contributed by atoms with E-state index in [0.717, 1.165) is 3.95 Å². The minimum atomic E-state index is -2.03. The molecule has 0 amide bonds. The SMILES string of the molecule is C[N+](C)=S(=O)=O. The van der Waals surface area contributed by atoms with Gasteiger partial charge in [0, 0.05) is 0 Å². The van der Waals surface area contributed by atoms with Crippen molar-refractivity contribution in [2.75, 3.05) is 14.1 Å². The Balaban J connectivity index is 4.58. The summed E-state index contributed by atoms with van der Waals surface area (Å²) in [7, 11) is 0.889. The Kier molecular flexibility index (Phi) is 1.80. The van der Waals surface area contributed by atoms with E-state index in [-0.39, 0.29) is 0 Å². The molecule has 0 aromatic heterocycles. The molecule has 0 fully saturated rings. The average Bonchev–Trinajstić information content (AvgIpc) is 1.36. The molecule has 0 aromatic rings. The Labute approximate surface area is 37.9 Å². The highest BCUT2D eigenvalue weighted by Gasteiger charge is 1.76. The van der Waals surface area contributed by atoms with E-state index in [9.17, 15) is 8.42 Å². The molecular weight excluding hydrogens is 102 g/mol. The first kappa shape index (κ1) is 5.62. The monoisotopic (exact) mass is 108 g/mol. The molecule has 0 aromatic carbocycles. The fourth-order valence-corrected chi connectivity index (χ4v) is 0. The van der Waals surface area contributed by atoms with Crippen LogP contribution in [0.2, 0.25) is 0 Å². The lowest BCUT2D eigenvalue weighted by atomic mass is 11.3. The van der Waals surface area contributed by atoms with Gasteiger partial charge < -0.3 is 0 Å². The van der Waals surface area contributed by atoms with Crippen molar-refractivity contribution >= 4 is 10.5 Å². The lowest BCUT2D eigenvalue weighted by Crippen LogP contribution is -1.91. The molecule has 0 unspecified atom stereocenters. The van der Waals surface area contributed by atoms with Crippen LogP contribution in [0.1, 0.15) is 0 Å². The Morgan fingerprint density at radius 3 is 1.50 bits per heavy atom. The smallest absolute Gasteiger partial charge is 0.124 e. The van der Waals surface area contributed by atoms with Gasteiger partial charge in [0.15, 0.2) is 14.1 Å². The van der Waals surface area contributed by atoms with Crippen molar-refractivity contribution in [3.8, 4) is 0 Å². The van der Waals surface area contributed by atoms with Crippen LogP contribution in [-0.4, -0.2) is 26.5 Å². The summed E-state index contributed by atoms with van der Waals surface area (Å²) in [6, 6.07) is 0. The summed E-state index contributed by atoms with van der Waals surface area (Å²) >= 11 is 0. The number of hydrogen-bond acceptors (Lipinski definition) is 2. The van der Waals surface area contributed by atoms with Crippen molar-refractivity contribution in [3.05, 3.63) is 0 Å². The van der Waals surface area contributed by atoms with E-state index in [1.165, 1.54) is 14.1 Å². The molecule has 0 radical (unpaired) electrons. The third-order valence-electron chi connectivity index (χ3n) is 0.298. The molecule has 6 heavy (non-hydrogen) atoms. The van der Waals surface area contributed by atoms with E-state index in [4.69, 9.17) is 0 Å². The van der Waals surface area contributed by atoms with E-state index in [2.05, 4.69) is 0 Å². The highest BCUT2D eigenvalue weighted by molar-refractivity contribution is 7.58. The maximum absolute atomic E-state index is 9.62. The highest BCUT2D eigenvalue weighted by Crippen LogP contribution is 1.44. The van der Waals surface area contributed by atoms with Crippen LogP contribution < -0.4 is 0 Å². The van der Waals surface area contributed by atoms with E-state index >= 15 is 0 Å². The maximum Gasteiger partial charge on any atom is 0.458 e. The molecular formula is C2H6NO2S+. The number of hydrogen-bond donors (Lipinski definition) is 0. The van der Waals surface area contributed by atoms with Crippen LogP contribution in [0.4, 0.5) is 0 Å². The highest BCUT2D eigenvalue weighted by atomic mass is 32.2. The topological polar surface area (TPSA) is 37.1 Å². The van der Waals surface area contributed by atoms with Gasteiger partial charge >= 0.3 is 10.5 Å². The Morgan fingerprint density at radius 2 is 1.50 bits per heavy atom. The zero-order valence-corrected chi connectivity index (χ0v) is 4.49. The third kappa shape index (κ3) is 1.90. The molecule has 0 rings (SSSR count). The van der Waals surface area contributed by atoms with Gasteiger partial charge in [0.05, 0.1) is 0 Å². The van der Waals surface area contributed by atoms with Crippen molar-refractivity contribution in [1.29, 1.82) is 0 Å². The van der Waals surface area contributed by atoms with Crippen LogP contribution in [0.25, 0.3) is 0 Å². The molecule has 0 spiro atoms. The molecule has 0 bridgehead atoms. The van der Waals surface area contributed by atoms with Gasteiger partial charge in [-0.1, -0.05) is 0 Å². The van der Waals surface area contributed by atoms with Crippen molar-refractivity contribution < 1.29 is 12.4 Å². The van der Waals surface area contributed by atoms with Gasteiger partial charge in [-0.3, -0.25) is 0 Å². The van der Waals surface area contributed by atoms with E-state index in [1.54, 1.807) is 0 Å². The summed E-state index contributed by atoms with van der Waals surface area (Å²) in [5, 5.41) is 0. The lowest BCUT2D eigenvalue weighted by molar-refractivity contribution is -0.438. The van der Waals surface area contributed by atoms with E-state index in [1.807, 2.05) is 0 Å². The van der Waals surface area contributed by atoms with Crippen LogP contribution in [0.3, 0.4) is 0 Å². The Hall–Kier alpha value is -0.380. The molecule has 0 aliphatic rings. The first-order chi connectivity index (χ1) is 2.64. The molecule has 0 saturated carbocycles. The second-order valence-electron chi connectivity index (χ2n) is 1.03. The molecule has 0 saturated heterocycles. The van der Waals surface area contributed by atoms with E-state index in [0.29, 0.717) is 0 Å². The van der Waals surface area contributed by atoms with Crippen LogP contribution in [0, 0.1) is 0 Å². The normalized spacial score (nSPS) is 7.67. The van der Waals surface area contributed by atoms with Gasteiger partial charge in [0.1, 0.15) is 0 Å². The summed E-state index contributed by atoms with van der Waals surface area (Å²) in [6.45, 7) is 0. The Morgan fingerprint density at radius 1 is 1.33 bits per heavy atom. The first-order valence-electron chi connectivity index (χ1n) is 1.41. The third-order valence-corrected chi connectivity index (χ3v) is 0.894. The van der Waals surface area contributed by atoms with Gasteiger partial charge in [-0.2, -0.15) is 0 Å². The summed E-state index contributed by atoms with van der Waals surface area (Å²) in [6.07, 6.45) is 0. The zero-order valence-electron chi connectivity index (χ0n) is 3.67. The second-order valence-corrected chi connectivity index (χ2v) is 2.19. The van der Waals surface area contributed by atoms with E-state index < -0.39 is 10.5 Å². The molecule has 0 heterocycles. The Bertz CT molecular complexity index is 142. The van der Waals surface area contributed by atoms with Gasteiger partial charge in [0.25, 0.3) is 0 Å². The van der Waals surface area contributed by atoms with Crippen molar-refractivity contribution in [1.82, 2.24) is 0 Å². The minimum Gasteiger partial charge on any atom is -0.124 e. The molecule has 0 N–H and O–H groups in total. The molecule has 3 nitrogen and oxygen atoms in total. The quantitative estimate of drug-likeness (QED) is 0.385. The zero-order chi connectivity index (χ0) is 5.15. The van der Waals surface area contributed by atoms with Gasteiger partial charge in [-0.15, -0.1) is 12.4 Å². The standard InChI is InChI=1S/C2H6NO2S/c1-3(2)6(4)5/h1-2H3/q+1. The predicted octanol–water partition coefficient (Wildman–Crippen LogP) is -0.679.